The fourth-order valence-electron chi connectivity index (χ4n) is 2.23. The van der Waals surface area contributed by atoms with Crippen LogP contribution in [0, 0.1) is 0 Å². The number of nitrogens with zero attached hydrogens (tertiary/aromatic N) is 2. The number of nitrogens with one attached hydrogen (secondary N) is 1. The fourth-order valence-corrected chi connectivity index (χ4v) is 4.32. The summed E-state index contributed by atoms with van der Waals surface area (Å²) in [6.07, 6.45) is 6.83. The highest BCUT2D eigenvalue weighted by molar-refractivity contribution is 7.12. The third-order valence-corrected chi connectivity index (χ3v) is 5.16. The van der Waals surface area contributed by atoms with Gasteiger partial charge in [0, 0.05) is 16.5 Å². The van der Waals surface area contributed by atoms with E-state index >= 15 is 0 Å². The minimum Gasteiger partial charge on any atom is -0.305 e. The third-order valence-electron chi connectivity index (χ3n) is 3.10. The SMILES string of the molecule is CNC(c1nccs1)c1nc2c(s1)CCCC2. The molecule has 3 rings (SSSR count). The van der Waals surface area contributed by atoms with E-state index in [1.165, 1.54) is 34.8 Å². The number of hydrogen-bond donors (Lipinski definition) is 1. The van der Waals surface area contributed by atoms with Crippen molar-refractivity contribution in [2.75, 3.05) is 7.05 Å². The monoisotopic (exact) mass is 265 g/mol. The zero-order valence-electron chi connectivity index (χ0n) is 9.77. The van der Waals surface area contributed by atoms with E-state index in [0.717, 1.165) is 11.4 Å². The predicted molar refractivity (Wildman–Crippen MR) is 71.8 cm³/mol. The summed E-state index contributed by atoms with van der Waals surface area (Å²) in [5.74, 6) is 0. The number of thiazole rings is 2. The van der Waals surface area contributed by atoms with Crippen molar-refractivity contribution in [3.05, 3.63) is 32.2 Å². The minimum absolute atomic E-state index is 0.172. The lowest BCUT2D eigenvalue weighted by molar-refractivity contribution is 0.659. The molecule has 90 valence electrons. The molecule has 0 saturated heterocycles. The Balaban J connectivity index is 1.94. The van der Waals surface area contributed by atoms with E-state index in [1.54, 1.807) is 11.3 Å². The minimum atomic E-state index is 0.172. The van der Waals surface area contributed by atoms with Gasteiger partial charge in [0.25, 0.3) is 0 Å². The molecule has 0 spiro atoms. The Kier molecular flexibility index (Phi) is 3.22. The van der Waals surface area contributed by atoms with E-state index in [9.17, 15) is 0 Å². The largest absolute Gasteiger partial charge is 0.305 e. The quantitative estimate of drug-likeness (QED) is 0.927. The van der Waals surface area contributed by atoms with Crippen LogP contribution in [0.1, 0.15) is 39.5 Å². The number of hydrogen-bond acceptors (Lipinski definition) is 5. The van der Waals surface area contributed by atoms with Crippen LogP contribution in [-0.4, -0.2) is 17.0 Å². The van der Waals surface area contributed by atoms with Gasteiger partial charge in [-0.25, -0.2) is 9.97 Å². The van der Waals surface area contributed by atoms with E-state index in [2.05, 4.69) is 10.3 Å². The Morgan fingerprint density at radius 3 is 2.88 bits per heavy atom. The summed E-state index contributed by atoms with van der Waals surface area (Å²) in [6, 6.07) is 0.172. The number of aromatic nitrogens is 2. The molecule has 0 amide bonds. The van der Waals surface area contributed by atoms with Gasteiger partial charge in [0.1, 0.15) is 16.1 Å². The lowest BCUT2D eigenvalue weighted by Crippen LogP contribution is -2.17. The van der Waals surface area contributed by atoms with Crippen LogP contribution in [-0.2, 0) is 12.8 Å². The second-order valence-electron chi connectivity index (χ2n) is 4.22. The first kappa shape index (κ1) is 11.3. The smallest absolute Gasteiger partial charge is 0.117 e. The van der Waals surface area contributed by atoms with Gasteiger partial charge in [-0.2, -0.15) is 0 Å². The molecule has 17 heavy (non-hydrogen) atoms. The van der Waals surface area contributed by atoms with Crippen LogP contribution in [0.2, 0.25) is 0 Å². The summed E-state index contributed by atoms with van der Waals surface area (Å²) in [4.78, 5) is 10.7. The maximum absolute atomic E-state index is 4.80. The van der Waals surface area contributed by atoms with Gasteiger partial charge < -0.3 is 5.32 Å². The molecule has 2 heterocycles. The van der Waals surface area contributed by atoms with Crippen molar-refractivity contribution in [3.63, 3.8) is 0 Å². The second kappa shape index (κ2) is 4.84. The van der Waals surface area contributed by atoms with E-state index in [1.807, 2.05) is 30.0 Å². The molecule has 1 aliphatic rings. The molecular formula is C12H15N3S2. The van der Waals surface area contributed by atoms with Crippen LogP contribution in [0.25, 0.3) is 0 Å². The molecule has 0 aromatic carbocycles. The topological polar surface area (TPSA) is 37.8 Å². The van der Waals surface area contributed by atoms with Crippen molar-refractivity contribution in [2.45, 2.75) is 31.7 Å². The summed E-state index contributed by atoms with van der Waals surface area (Å²) in [6.45, 7) is 0. The lowest BCUT2D eigenvalue weighted by Gasteiger charge is -2.09. The average Bonchev–Trinajstić information content (AvgIpc) is 2.98. The van der Waals surface area contributed by atoms with Crippen LogP contribution in [0.5, 0.6) is 0 Å². The Hall–Kier alpha value is -0.780. The first-order valence-electron chi connectivity index (χ1n) is 5.93. The van der Waals surface area contributed by atoms with E-state index in [0.29, 0.717) is 0 Å². The Morgan fingerprint density at radius 2 is 2.18 bits per heavy atom. The molecule has 3 nitrogen and oxygen atoms in total. The Morgan fingerprint density at radius 1 is 1.29 bits per heavy atom. The van der Waals surface area contributed by atoms with Crippen molar-refractivity contribution in [1.82, 2.24) is 15.3 Å². The molecule has 5 heteroatoms. The molecule has 0 bridgehead atoms. The Bertz CT molecular complexity index is 466. The molecule has 1 unspecified atom stereocenters. The number of fused-ring (bicyclic) bond motifs is 1. The standard InChI is InChI=1S/C12H15N3S2/c1-13-10(11-14-6-7-16-11)12-15-8-4-2-3-5-9(8)17-12/h6-7,10,13H,2-5H2,1H3. The maximum Gasteiger partial charge on any atom is 0.117 e. The van der Waals surface area contributed by atoms with Gasteiger partial charge in [0.2, 0.25) is 0 Å². The molecule has 0 fully saturated rings. The summed E-state index contributed by atoms with van der Waals surface area (Å²) >= 11 is 3.55. The van der Waals surface area contributed by atoms with Gasteiger partial charge in [-0.1, -0.05) is 0 Å². The molecule has 1 N–H and O–H groups in total. The average molecular weight is 265 g/mol. The first-order chi connectivity index (χ1) is 8.38. The Labute approximate surface area is 109 Å². The lowest BCUT2D eigenvalue weighted by atomic mass is 10.0. The summed E-state index contributed by atoms with van der Waals surface area (Å²) < 4.78 is 0. The molecule has 2 aromatic rings. The van der Waals surface area contributed by atoms with Crippen LogP contribution in [0.4, 0.5) is 0 Å². The maximum atomic E-state index is 4.80. The summed E-state index contributed by atoms with van der Waals surface area (Å²) in [5.41, 5.74) is 1.33. The highest BCUT2D eigenvalue weighted by Crippen LogP contribution is 2.32. The van der Waals surface area contributed by atoms with Gasteiger partial charge in [0.15, 0.2) is 0 Å². The van der Waals surface area contributed by atoms with Crippen molar-refractivity contribution >= 4 is 22.7 Å². The van der Waals surface area contributed by atoms with Gasteiger partial charge in [-0.05, 0) is 32.7 Å². The van der Waals surface area contributed by atoms with E-state index in [4.69, 9.17) is 4.98 Å². The van der Waals surface area contributed by atoms with Crippen molar-refractivity contribution in [1.29, 1.82) is 0 Å². The molecule has 0 aliphatic heterocycles. The van der Waals surface area contributed by atoms with Crippen LogP contribution in [0.15, 0.2) is 11.6 Å². The number of aryl methyl sites for hydroxylation is 2. The first-order valence-corrected chi connectivity index (χ1v) is 7.63. The third kappa shape index (κ3) is 2.14. The fraction of sp³-hybridized carbons (Fsp3) is 0.500. The molecule has 0 radical (unpaired) electrons. The van der Waals surface area contributed by atoms with Gasteiger partial charge in [0.05, 0.1) is 5.69 Å². The molecule has 2 aromatic heterocycles. The molecule has 0 saturated carbocycles. The zero-order chi connectivity index (χ0) is 11.7. The highest BCUT2D eigenvalue weighted by Gasteiger charge is 2.22. The van der Waals surface area contributed by atoms with E-state index < -0.39 is 0 Å². The van der Waals surface area contributed by atoms with Crippen LogP contribution >= 0.6 is 22.7 Å². The van der Waals surface area contributed by atoms with Crippen LogP contribution < -0.4 is 5.32 Å². The van der Waals surface area contributed by atoms with Crippen molar-refractivity contribution < 1.29 is 0 Å². The van der Waals surface area contributed by atoms with E-state index in [-0.39, 0.29) is 6.04 Å². The van der Waals surface area contributed by atoms with Crippen LogP contribution in [0.3, 0.4) is 0 Å². The van der Waals surface area contributed by atoms with Gasteiger partial charge in [-0.15, -0.1) is 22.7 Å². The van der Waals surface area contributed by atoms with Crippen molar-refractivity contribution in [2.24, 2.45) is 0 Å². The number of rotatable bonds is 3. The molecule has 1 atom stereocenters. The summed E-state index contributed by atoms with van der Waals surface area (Å²) in [5, 5.41) is 7.63. The second-order valence-corrected chi connectivity index (χ2v) is 6.26. The zero-order valence-corrected chi connectivity index (χ0v) is 11.4. The van der Waals surface area contributed by atoms with Crippen molar-refractivity contribution in [3.8, 4) is 0 Å². The van der Waals surface area contributed by atoms with Gasteiger partial charge >= 0.3 is 0 Å². The molecular weight excluding hydrogens is 250 g/mol. The summed E-state index contributed by atoms with van der Waals surface area (Å²) in [7, 11) is 1.98. The van der Waals surface area contributed by atoms with Gasteiger partial charge in [-0.3, -0.25) is 0 Å². The highest BCUT2D eigenvalue weighted by atomic mass is 32.1. The normalized spacial score (nSPS) is 16.8. The predicted octanol–water partition coefficient (Wildman–Crippen LogP) is 2.79. The molecule has 1 aliphatic carbocycles.